The van der Waals surface area contributed by atoms with E-state index < -0.39 is 26.6 Å². The highest BCUT2D eigenvalue weighted by atomic mass is 32.2. The third kappa shape index (κ3) is 4.88. The molecule has 0 spiro atoms. The molecule has 0 unspecified atom stereocenters. The fourth-order valence-corrected chi connectivity index (χ4v) is 6.24. The van der Waals surface area contributed by atoms with Crippen molar-refractivity contribution < 1.29 is 22.6 Å². The van der Waals surface area contributed by atoms with Crippen LogP contribution < -0.4 is 5.32 Å². The molecule has 0 fully saturated rings. The fourth-order valence-electron chi connectivity index (χ4n) is 4.71. The number of furan rings is 1. The van der Waals surface area contributed by atoms with Crippen LogP contribution in [0.1, 0.15) is 21.7 Å². The number of rotatable bonds is 8. The first-order valence-corrected chi connectivity index (χ1v) is 14.4. The zero-order chi connectivity index (χ0) is 29.4. The van der Waals surface area contributed by atoms with E-state index in [0.29, 0.717) is 17.5 Å². The third-order valence-corrected chi connectivity index (χ3v) is 8.62. The number of carbonyl (C=O) groups excluding carboxylic acids is 1. The van der Waals surface area contributed by atoms with Crippen LogP contribution in [-0.4, -0.2) is 33.8 Å². The zero-order valence-electron chi connectivity index (χ0n) is 22.2. The average Bonchev–Trinajstić information content (AvgIpc) is 3.59. The van der Waals surface area contributed by atoms with E-state index in [9.17, 15) is 23.3 Å². The molecule has 11 nitrogen and oxygen atoms in total. The number of nitrogens with one attached hydrogen (secondary N) is 1. The summed E-state index contributed by atoms with van der Waals surface area (Å²) in [6.07, 6.45) is 0.484. The number of para-hydroxylation sites is 2. The highest BCUT2D eigenvalue weighted by Crippen LogP contribution is 2.37. The first kappa shape index (κ1) is 26.8. The Hall–Kier alpha value is -5.36. The summed E-state index contributed by atoms with van der Waals surface area (Å²) in [7, 11) is -4.26. The number of fused-ring (bicyclic) bond motifs is 2. The number of carbonyl (C=O) groups is 1. The lowest BCUT2D eigenvalue weighted by Crippen LogP contribution is -2.18. The molecule has 0 saturated heterocycles. The van der Waals surface area contributed by atoms with Gasteiger partial charge in [0.05, 0.1) is 22.0 Å². The average molecular weight is 582 g/mol. The summed E-state index contributed by atoms with van der Waals surface area (Å²) in [5.74, 6) is -1.91. The maximum Gasteiger partial charge on any atom is 0.433 e. The van der Waals surface area contributed by atoms with E-state index in [-0.39, 0.29) is 39.1 Å². The molecule has 3 aromatic carbocycles. The van der Waals surface area contributed by atoms with E-state index in [1.54, 1.807) is 41.0 Å². The number of anilines is 1. The van der Waals surface area contributed by atoms with Crippen molar-refractivity contribution in [3.05, 3.63) is 118 Å². The minimum absolute atomic E-state index is 0.00861. The number of nitro groups is 1. The molecule has 3 heterocycles. The van der Waals surface area contributed by atoms with Crippen LogP contribution in [-0.2, 0) is 22.8 Å². The highest BCUT2D eigenvalue weighted by Gasteiger charge is 2.33. The van der Waals surface area contributed by atoms with Crippen LogP contribution in [0.25, 0.3) is 22.2 Å². The molecule has 1 amide bonds. The van der Waals surface area contributed by atoms with Gasteiger partial charge >= 0.3 is 5.88 Å². The molecule has 12 heteroatoms. The lowest BCUT2D eigenvalue weighted by molar-refractivity contribution is -0.402. The molecule has 0 aliphatic heterocycles. The van der Waals surface area contributed by atoms with Gasteiger partial charge in [0.1, 0.15) is 21.2 Å². The second kappa shape index (κ2) is 10.6. The standard InChI is InChI=1S/C30H23N5O6S/c1-19-11-13-21(14-12-19)42(39,40)27-26-28(32-23-10-6-5-9-22(23)31-26)34(18-17-20-7-3-2-4-8-20)29(27)33-30(36)24-15-16-25(41-24)35(37)38/h2-16H,17-18H2,1H3,(H,33,36). The molecule has 1 N–H and O–H groups in total. The molecule has 42 heavy (non-hydrogen) atoms. The Kier molecular flexibility index (Phi) is 6.75. The Morgan fingerprint density at radius 3 is 2.26 bits per heavy atom. The monoisotopic (exact) mass is 581 g/mol. The van der Waals surface area contributed by atoms with Crippen LogP contribution in [0.15, 0.2) is 105 Å². The molecular formula is C30H23N5O6S. The highest BCUT2D eigenvalue weighted by molar-refractivity contribution is 7.92. The molecule has 0 aliphatic rings. The van der Waals surface area contributed by atoms with Crippen molar-refractivity contribution in [2.24, 2.45) is 0 Å². The molecule has 0 atom stereocenters. The topological polar surface area (TPSA) is 150 Å². The van der Waals surface area contributed by atoms with Gasteiger partial charge in [-0.15, -0.1) is 0 Å². The summed E-state index contributed by atoms with van der Waals surface area (Å²) >= 11 is 0. The van der Waals surface area contributed by atoms with Crippen molar-refractivity contribution in [1.29, 1.82) is 0 Å². The molecule has 6 aromatic rings. The van der Waals surface area contributed by atoms with Gasteiger partial charge in [-0.25, -0.2) is 18.4 Å². The maximum absolute atomic E-state index is 14.3. The van der Waals surface area contributed by atoms with Crippen molar-refractivity contribution in [1.82, 2.24) is 14.5 Å². The normalized spacial score (nSPS) is 11.6. The van der Waals surface area contributed by atoms with Gasteiger partial charge in [0.25, 0.3) is 5.91 Å². The number of hydrogen-bond acceptors (Lipinski definition) is 8. The predicted molar refractivity (Wildman–Crippen MR) is 155 cm³/mol. The second-order valence-electron chi connectivity index (χ2n) is 9.62. The number of amides is 1. The lowest BCUT2D eigenvalue weighted by Gasteiger charge is -2.13. The van der Waals surface area contributed by atoms with Gasteiger partial charge < -0.3 is 14.3 Å². The Morgan fingerprint density at radius 1 is 0.929 bits per heavy atom. The summed E-state index contributed by atoms with van der Waals surface area (Å²) in [4.78, 5) is 33.0. The maximum atomic E-state index is 14.3. The van der Waals surface area contributed by atoms with Crippen molar-refractivity contribution in [2.45, 2.75) is 29.7 Å². The van der Waals surface area contributed by atoms with E-state index >= 15 is 0 Å². The molecular weight excluding hydrogens is 558 g/mol. The molecule has 0 aliphatic carbocycles. The Morgan fingerprint density at radius 2 is 1.60 bits per heavy atom. The first-order chi connectivity index (χ1) is 20.2. The van der Waals surface area contributed by atoms with E-state index in [4.69, 9.17) is 14.4 Å². The van der Waals surface area contributed by atoms with Crippen molar-refractivity contribution in [3.8, 4) is 0 Å². The lowest BCUT2D eigenvalue weighted by atomic mass is 10.1. The van der Waals surface area contributed by atoms with Crippen molar-refractivity contribution in [3.63, 3.8) is 0 Å². The molecule has 0 radical (unpaired) electrons. The zero-order valence-corrected chi connectivity index (χ0v) is 23.0. The van der Waals surface area contributed by atoms with Gasteiger partial charge in [-0.3, -0.25) is 14.9 Å². The fraction of sp³-hybridized carbons (Fsp3) is 0.100. The van der Waals surface area contributed by atoms with Crippen LogP contribution in [0.5, 0.6) is 0 Å². The quantitative estimate of drug-likeness (QED) is 0.177. The van der Waals surface area contributed by atoms with Crippen molar-refractivity contribution >= 4 is 49.6 Å². The summed E-state index contributed by atoms with van der Waals surface area (Å²) in [6, 6.07) is 25.2. The van der Waals surface area contributed by atoms with Gasteiger partial charge in [0.2, 0.25) is 9.84 Å². The molecule has 0 saturated carbocycles. The number of aryl methyl sites for hydroxylation is 3. The van der Waals surface area contributed by atoms with E-state index in [0.717, 1.165) is 23.3 Å². The number of sulfone groups is 1. The smallest absolute Gasteiger partial charge is 0.395 e. The second-order valence-corrected chi connectivity index (χ2v) is 11.5. The van der Waals surface area contributed by atoms with Crippen LogP contribution >= 0.6 is 0 Å². The third-order valence-electron chi connectivity index (χ3n) is 6.80. The van der Waals surface area contributed by atoms with Gasteiger partial charge in [-0.2, -0.15) is 0 Å². The number of benzene rings is 3. The Labute approximate surface area is 239 Å². The predicted octanol–water partition coefficient (Wildman–Crippen LogP) is 5.72. The summed E-state index contributed by atoms with van der Waals surface area (Å²) < 4.78 is 35.3. The van der Waals surface area contributed by atoms with Crippen LogP contribution in [0, 0.1) is 17.0 Å². The van der Waals surface area contributed by atoms with E-state index in [1.165, 1.54) is 12.1 Å². The minimum atomic E-state index is -4.26. The van der Waals surface area contributed by atoms with Crippen molar-refractivity contribution in [2.75, 3.05) is 5.32 Å². The molecule has 3 aromatic heterocycles. The number of nitrogens with zero attached hydrogens (tertiary/aromatic N) is 4. The Bertz CT molecular complexity index is 2080. The minimum Gasteiger partial charge on any atom is -0.395 e. The SMILES string of the molecule is Cc1ccc(S(=O)(=O)c2c(NC(=O)c3ccc([N+](=O)[O-])o3)n(CCc3ccccc3)c3nc4ccccc4nc23)cc1. The van der Waals surface area contributed by atoms with Gasteiger partial charge in [0.15, 0.2) is 11.4 Å². The van der Waals surface area contributed by atoms with Crippen LogP contribution in [0.2, 0.25) is 0 Å². The van der Waals surface area contributed by atoms with Crippen LogP contribution in [0.3, 0.4) is 0 Å². The molecule has 0 bridgehead atoms. The van der Waals surface area contributed by atoms with Gasteiger partial charge in [-0.05, 0) is 49.2 Å². The van der Waals surface area contributed by atoms with Gasteiger partial charge in [-0.1, -0.05) is 60.2 Å². The van der Waals surface area contributed by atoms with E-state index in [2.05, 4.69) is 5.32 Å². The van der Waals surface area contributed by atoms with E-state index in [1.807, 2.05) is 37.3 Å². The Balaban J connectivity index is 1.60. The largest absolute Gasteiger partial charge is 0.433 e. The van der Waals surface area contributed by atoms with Crippen LogP contribution in [0.4, 0.5) is 11.7 Å². The summed E-state index contributed by atoms with van der Waals surface area (Å²) in [5, 5.41) is 13.8. The molecule has 6 rings (SSSR count). The summed E-state index contributed by atoms with van der Waals surface area (Å²) in [6.45, 7) is 2.09. The number of hydrogen-bond donors (Lipinski definition) is 1. The first-order valence-electron chi connectivity index (χ1n) is 12.9. The number of aromatic nitrogens is 3. The molecule has 210 valence electrons. The van der Waals surface area contributed by atoms with Gasteiger partial charge in [0, 0.05) is 6.54 Å². The summed E-state index contributed by atoms with van der Waals surface area (Å²) in [5.41, 5.74) is 3.22.